The SMILES string of the molecule is N=C=O.N=C=O.[2H]/C=C/C=C/[2H]. The summed E-state index contributed by atoms with van der Waals surface area (Å²) in [6.07, 6.45) is 4.46. The molecule has 54 valence electrons. The summed E-state index contributed by atoms with van der Waals surface area (Å²) in [5, 5.41) is 10.8. The van der Waals surface area contributed by atoms with Gasteiger partial charge in [0.15, 0.2) is 0 Å². The molecule has 0 saturated heterocycles. The second-order valence-electron chi connectivity index (χ2n) is 0.589. The highest BCUT2D eigenvalue weighted by atomic mass is 16.1. The van der Waals surface area contributed by atoms with Crippen molar-refractivity contribution < 1.29 is 12.3 Å². The first-order valence-electron chi connectivity index (χ1n) is 3.06. The van der Waals surface area contributed by atoms with Crippen LogP contribution in [0.15, 0.2) is 25.3 Å². The smallest absolute Gasteiger partial charge is 0.222 e. The number of hydrogen-bond donors (Lipinski definition) is 2. The molecule has 4 nitrogen and oxygen atoms in total. The average molecular weight is 142 g/mol. The van der Waals surface area contributed by atoms with E-state index in [4.69, 9.17) is 23.1 Å². The van der Waals surface area contributed by atoms with E-state index >= 15 is 0 Å². The average Bonchev–Trinajstić information content (AvgIpc) is 2.04. The summed E-state index contributed by atoms with van der Waals surface area (Å²) in [5.41, 5.74) is 0. The van der Waals surface area contributed by atoms with E-state index in [0.717, 1.165) is 25.3 Å². The monoisotopic (exact) mass is 142 g/mol. The number of allylic oxidation sites excluding steroid dienone is 2. The molecule has 0 saturated carbocycles. The predicted octanol–water partition coefficient (Wildman–Crippen LogP) is 1.16. The van der Waals surface area contributed by atoms with E-state index in [-0.39, 0.29) is 0 Å². The molecule has 0 rings (SSSR count). The Morgan fingerprint density at radius 1 is 1.20 bits per heavy atom. The van der Waals surface area contributed by atoms with Crippen molar-refractivity contribution in [2.45, 2.75) is 0 Å². The lowest BCUT2D eigenvalue weighted by molar-refractivity contribution is 0.562. The van der Waals surface area contributed by atoms with Crippen LogP contribution in [-0.2, 0) is 9.59 Å². The maximum absolute atomic E-state index is 8.35. The van der Waals surface area contributed by atoms with E-state index in [1.54, 1.807) is 0 Å². The molecule has 0 aliphatic carbocycles. The summed E-state index contributed by atoms with van der Waals surface area (Å²) < 4.78 is 12.8. The zero-order valence-corrected chi connectivity index (χ0v) is 5.13. The Morgan fingerprint density at radius 3 is 1.50 bits per heavy atom. The van der Waals surface area contributed by atoms with Crippen LogP contribution in [0.2, 0.25) is 0 Å². The second-order valence-corrected chi connectivity index (χ2v) is 0.589. The molecule has 0 fully saturated rings. The minimum atomic E-state index is 0.750. The fraction of sp³-hybridized carbons (Fsp3) is 0. The molecular formula is C6H8N2O2. The van der Waals surface area contributed by atoms with Gasteiger partial charge in [0.1, 0.15) is 0 Å². The van der Waals surface area contributed by atoms with Gasteiger partial charge in [0.05, 0.1) is 2.74 Å². The first-order valence-corrected chi connectivity index (χ1v) is 1.91. The molecule has 0 unspecified atom stereocenters. The molecule has 0 aromatic heterocycles. The molecule has 0 aliphatic rings. The number of carbonyl (C=O) groups excluding carboxylic acids is 2. The zero-order valence-electron chi connectivity index (χ0n) is 7.13. The molecule has 0 heterocycles. The summed E-state index contributed by atoms with van der Waals surface area (Å²) in [6.45, 7) is 2.26. The van der Waals surface area contributed by atoms with E-state index in [9.17, 15) is 0 Å². The third kappa shape index (κ3) is 297. The Kier molecular flexibility index (Phi) is 46.3. The van der Waals surface area contributed by atoms with Crippen LogP contribution in [0, 0.1) is 10.8 Å². The van der Waals surface area contributed by atoms with Crippen molar-refractivity contribution in [2.24, 2.45) is 0 Å². The number of hydrogen-bond acceptors (Lipinski definition) is 4. The lowest BCUT2D eigenvalue weighted by Crippen LogP contribution is -1.21. The van der Waals surface area contributed by atoms with Gasteiger partial charge >= 0.3 is 0 Å². The first kappa shape index (κ1) is 8.24. The molecule has 2 N–H and O–H groups in total. The first-order chi connectivity index (χ1) is 5.74. The van der Waals surface area contributed by atoms with E-state index < -0.39 is 0 Å². The maximum atomic E-state index is 8.35. The topological polar surface area (TPSA) is 81.8 Å². The van der Waals surface area contributed by atoms with Gasteiger partial charge in [0.25, 0.3) is 0 Å². The predicted molar refractivity (Wildman–Crippen MR) is 37.2 cm³/mol. The van der Waals surface area contributed by atoms with Crippen molar-refractivity contribution in [2.75, 3.05) is 0 Å². The molecule has 0 spiro atoms. The van der Waals surface area contributed by atoms with Gasteiger partial charge in [-0.25, -0.2) is 20.4 Å². The van der Waals surface area contributed by atoms with E-state index in [1.165, 1.54) is 12.2 Å². The normalized spacial score (nSPS) is 8.80. The Balaban J connectivity index is -0.000000115. The molecule has 0 bridgehead atoms. The van der Waals surface area contributed by atoms with Crippen molar-refractivity contribution in [1.82, 2.24) is 0 Å². The van der Waals surface area contributed by atoms with Crippen LogP contribution in [-0.4, -0.2) is 12.2 Å². The molecule has 0 amide bonds. The van der Waals surface area contributed by atoms with Gasteiger partial charge in [-0.15, -0.1) is 0 Å². The highest BCUT2D eigenvalue weighted by Crippen LogP contribution is 1.52. The number of rotatable bonds is 1. The van der Waals surface area contributed by atoms with E-state index in [1.807, 2.05) is 0 Å². The van der Waals surface area contributed by atoms with Gasteiger partial charge < -0.3 is 0 Å². The van der Waals surface area contributed by atoms with Crippen molar-refractivity contribution >= 4 is 12.2 Å². The Hall–Kier alpha value is -1.76. The summed E-state index contributed by atoms with van der Waals surface area (Å²) in [4.78, 5) is 16.7. The fourth-order valence-corrected chi connectivity index (χ4v) is 0. The fourth-order valence-electron chi connectivity index (χ4n) is 0. The molecule has 0 atom stereocenters. The summed E-state index contributed by atoms with van der Waals surface area (Å²) in [5.74, 6) is 0. The van der Waals surface area contributed by atoms with Crippen LogP contribution < -0.4 is 0 Å². The molecule has 0 aromatic carbocycles. The minimum absolute atomic E-state index is 0.750. The molecule has 4 heteroatoms. The third-order valence-electron chi connectivity index (χ3n) is 0.111. The summed E-state index contributed by atoms with van der Waals surface area (Å²) >= 11 is 0. The van der Waals surface area contributed by atoms with Crippen LogP contribution in [0.25, 0.3) is 0 Å². The van der Waals surface area contributed by atoms with Gasteiger partial charge in [0.2, 0.25) is 12.2 Å². The Labute approximate surface area is 61.7 Å². The highest BCUT2D eigenvalue weighted by molar-refractivity contribution is 5.26. The van der Waals surface area contributed by atoms with Crippen LogP contribution >= 0.6 is 0 Å². The third-order valence-corrected chi connectivity index (χ3v) is 0.111. The largest absolute Gasteiger partial charge is 0.231 e. The van der Waals surface area contributed by atoms with Crippen LogP contribution in [0.3, 0.4) is 0 Å². The van der Waals surface area contributed by atoms with Gasteiger partial charge in [-0.1, -0.05) is 25.3 Å². The Morgan fingerprint density at radius 2 is 1.40 bits per heavy atom. The van der Waals surface area contributed by atoms with Crippen LogP contribution in [0.4, 0.5) is 0 Å². The van der Waals surface area contributed by atoms with Gasteiger partial charge in [-0.3, -0.25) is 0 Å². The maximum Gasteiger partial charge on any atom is 0.231 e. The van der Waals surface area contributed by atoms with E-state index in [0.29, 0.717) is 0 Å². The molecular weight excluding hydrogens is 132 g/mol. The molecule has 0 aromatic rings. The lowest BCUT2D eigenvalue weighted by atomic mass is 10.6. The lowest BCUT2D eigenvalue weighted by Gasteiger charge is -1.44. The van der Waals surface area contributed by atoms with Crippen molar-refractivity contribution in [1.29, 1.82) is 10.8 Å². The Bertz CT molecular complexity index is 168. The van der Waals surface area contributed by atoms with E-state index in [2.05, 4.69) is 0 Å². The molecule has 10 heavy (non-hydrogen) atoms. The number of isocyanates is 2. The standard InChI is InChI=1S/C4H6.2CHNO/c1-3-4-2;2*2-1-3/h3-4H,1-2H2;2*2H/i1D,2D;;/b3-1+,4-2+;;. The summed E-state index contributed by atoms with van der Waals surface area (Å²) in [7, 11) is 0. The zero-order chi connectivity index (χ0) is 10.2. The minimum Gasteiger partial charge on any atom is -0.222 e. The van der Waals surface area contributed by atoms with Gasteiger partial charge in [-0.05, 0) is 0 Å². The second kappa shape index (κ2) is 56.2. The molecule has 0 radical (unpaired) electrons. The van der Waals surface area contributed by atoms with Crippen molar-refractivity contribution in [3.63, 3.8) is 0 Å². The van der Waals surface area contributed by atoms with Crippen molar-refractivity contribution in [3.05, 3.63) is 25.3 Å². The van der Waals surface area contributed by atoms with Crippen molar-refractivity contribution in [3.8, 4) is 0 Å². The molecule has 0 aliphatic heterocycles. The van der Waals surface area contributed by atoms with Crippen LogP contribution in [0.5, 0.6) is 0 Å². The van der Waals surface area contributed by atoms with Gasteiger partial charge in [0, 0.05) is 0 Å². The highest BCUT2D eigenvalue weighted by Gasteiger charge is 1.29. The van der Waals surface area contributed by atoms with Gasteiger partial charge in [-0.2, -0.15) is 0 Å². The number of nitrogens with one attached hydrogen (secondary N) is 2. The summed E-state index contributed by atoms with van der Waals surface area (Å²) in [6, 6.07) is 0. The van der Waals surface area contributed by atoms with Crippen LogP contribution in [0.1, 0.15) is 2.74 Å². The quantitative estimate of drug-likeness (QED) is 0.327.